The number of hydrogen-bond donors (Lipinski definition) is 2. The maximum absolute atomic E-state index is 13.6. The van der Waals surface area contributed by atoms with Crippen LogP contribution in [0, 0.1) is 11.6 Å². The molecule has 24 heavy (non-hydrogen) atoms. The fourth-order valence-electron chi connectivity index (χ4n) is 1.83. The maximum atomic E-state index is 13.6. The predicted molar refractivity (Wildman–Crippen MR) is 79.0 cm³/mol. The van der Waals surface area contributed by atoms with E-state index in [1.165, 1.54) is 13.8 Å². The quantitative estimate of drug-likeness (QED) is 0.344. The molecule has 0 spiro atoms. The van der Waals surface area contributed by atoms with Crippen LogP contribution in [0.25, 0.3) is 0 Å². The van der Waals surface area contributed by atoms with Crippen LogP contribution in [-0.4, -0.2) is 28.8 Å². The largest absolute Gasteiger partial charge is 0.478 e. The van der Waals surface area contributed by atoms with Crippen LogP contribution in [-0.2, 0) is 19.1 Å². The van der Waals surface area contributed by atoms with E-state index in [0.717, 1.165) is 6.20 Å². The summed E-state index contributed by atoms with van der Waals surface area (Å²) in [5.74, 6) is -7.74. The third kappa shape index (κ3) is 3.37. The molecule has 0 saturated carbocycles. The van der Waals surface area contributed by atoms with E-state index in [2.05, 4.69) is 21.2 Å². The summed E-state index contributed by atoms with van der Waals surface area (Å²) < 4.78 is 36.1. The summed E-state index contributed by atoms with van der Waals surface area (Å²) in [6.45, 7) is 2.70. The normalized spacial score (nSPS) is 16.3. The molecule has 1 aromatic rings. The van der Waals surface area contributed by atoms with Crippen LogP contribution in [0.5, 0.6) is 0 Å². The Balaban J connectivity index is 2.42. The average Bonchev–Trinajstić information content (AvgIpc) is 2.44. The molecule has 1 fully saturated rings. The number of carbonyl (C=O) groups excluding carboxylic acids is 2. The Morgan fingerprint density at radius 3 is 2.33 bits per heavy atom. The highest BCUT2D eigenvalue weighted by molar-refractivity contribution is 9.10. The number of anilines is 1. The van der Waals surface area contributed by atoms with Crippen LogP contribution < -0.4 is 5.32 Å². The van der Waals surface area contributed by atoms with Crippen molar-refractivity contribution in [2.45, 2.75) is 19.6 Å². The second kappa shape index (κ2) is 6.19. The number of ether oxygens (including phenoxy) is 2. The van der Waals surface area contributed by atoms with Gasteiger partial charge in [-0.05, 0) is 22.0 Å². The maximum Gasteiger partial charge on any atom is 0.350 e. The van der Waals surface area contributed by atoms with Crippen molar-refractivity contribution in [2.75, 3.05) is 5.32 Å². The summed E-state index contributed by atoms with van der Waals surface area (Å²) in [6, 6.07) is 0.462. The van der Waals surface area contributed by atoms with Crippen molar-refractivity contribution in [1.82, 2.24) is 0 Å². The fourth-order valence-corrected chi connectivity index (χ4v) is 2.35. The van der Waals surface area contributed by atoms with Crippen molar-refractivity contribution >= 4 is 39.5 Å². The first-order valence-electron chi connectivity index (χ1n) is 6.37. The predicted octanol–water partition coefficient (Wildman–Crippen LogP) is 2.56. The van der Waals surface area contributed by atoms with Crippen LogP contribution in [0.2, 0.25) is 0 Å². The molecule has 1 saturated heterocycles. The average molecular weight is 406 g/mol. The van der Waals surface area contributed by atoms with Crippen molar-refractivity contribution in [1.29, 1.82) is 0 Å². The molecule has 7 nitrogen and oxygen atoms in total. The van der Waals surface area contributed by atoms with Crippen molar-refractivity contribution in [3.63, 3.8) is 0 Å². The van der Waals surface area contributed by atoms with Gasteiger partial charge in [0.1, 0.15) is 0 Å². The molecule has 2 rings (SSSR count). The second-order valence-corrected chi connectivity index (χ2v) is 5.89. The third-order valence-corrected chi connectivity index (χ3v) is 3.61. The van der Waals surface area contributed by atoms with Crippen LogP contribution in [0.3, 0.4) is 0 Å². The lowest BCUT2D eigenvalue weighted by molar-refractivity contribution is -0.222. The minimum Gasteiger partial charge on any atom is -0.478 e. The molecule has 0 atom stereocenters. The van der Waals surface area contributed by atoms with E-state index in [-0.39, 0.29) is 5.69 Å². The number of nitrogens with one attached hydrogen (secondary N) is 1. The highest BCUT2D eigenvalue weighted by Crippen LogP contribution is 2.32. The Morgan fingerprint density at radius 2 is 1.83 bits per heavy atom. The molecule has 1 heterocycles. The number of carbonyl (C=O) groups is 3. The van der Waals surface area contributed by atoms with E-state index in [1.54, 1.807) is 0 Å². The molecule has 0 bridgehead atoms. The summed E-state index contributed by atoms with van der Waals surface area (Å²) in [4.78, 5) is 34.7. The highest BCUT2D eigenvalue weighted by Gasteiger charge is 2.39. The van der Waals surface area contributed by atoms with Gasteiger partial charge in [-0.15, -0.1) is 0 Å². The number of carboxylic acid groups (broad SMARTS) is 1. The van der Waals surface area contributed by atoms with Gasteiger partial charge in [0.05, 0.1) is 15.7 Å². The molecule has 0 aromatic heterocycles. The van der Waals surface area contributed by atoms with E-state index in [4.69, 9.17) is 14.6 Å². The van der Waals surface area contributed by atoms with Crippen LogP contribution in [0.4, 0.5) is 14.5 Å². The van der Waals surface area contributed by atoms with E-state index >= 15 is 0 Å². The zero-order valence-electron chi connectivity index (χ0n) is 12.3. The molecule has 10 heteroatoms. The minimum atomic E-state index is -1.55. The zero-order valence-corrected chi connectivity index (χ0v) is 13.9. The molecule has 1 aliphatic heterocycles. The van der Waals surface area contributed by atoms with E-state index < -0.39 is 50.9 Å². The van der Waals surface area contributed by atoms with E-state index in [1.807, 2.05) is 0 Å². The Bertz CT molecular complexity index is 768. The molecule has 2 N–H and O–H groups in total. The molecular weight excluding hydrogens is 396 g/mol. The number of hydrogen-bond acceptors (Lipinski definition) is 6. The summed E-state index contributed by atoms with van der Waals surface area (Å²) in [5.41, 5.74) is -1.57. The fraction of sp³-hybridized carbons (Fsp3) is 0.214. The second-order valence-electron chi connectivity index (χ2n) is 5.10. The molecule has 1 aromatic carbocycles. The molecule has 0 aliphatic carbocycles. The van der Waals surface area contributed by atoms with E-state index in [9.17, 15) is 23.2 Å². The third-order valence-electron chi connectivity index (χ3n) is 2.87. The van der Waals surface area contributed by atoms with Crippen molar-refractivity contribution in [2.24, 2.45) is 0 Å². The van der Waals surface area contributed by atoms with Gasteiger partial charge in [0.25, 0.3) is 5.79 Å². The first-order valence-corrected chi connectivity index (χ1v) is 7.17. The van der Waals surface area contributed by atoms with Gasteiger partial charge in [0.15, 0.2) is 17.2 Å². The molecule has 0 unspecified atom stereocenters. The van der Waals surface area contributed by atoms with Gasteiger partial charge >= 0.3 is 17.9 Å². The number of aromatic carboxylic acids is 1. The standard InChI is InChI=1S/C14H10BrF2NO6/c1-14(2)23-12(21)6(13(22)24-14)4-18-10-5(11(19)20)3-7(16)9(17)8(10)15/h3-4,18H,1-2H3,(H,19,20). The lowest BCUT2D eigenvalue weighted by atomic mass is 10.1. The van der Waals surface area contributed by atoms with Crippen molar-refractivity contribution < 1.29 is 37.7 Å². The summed E-state index contributed by atoms with van der Waals surface area (Å²) >= 11 is 2.72. The highest BCUT2D eigenvalue weighted by atomic mass is 79.9. The number of halogens is 3. The minimum absolute atomic E-state index is 0.390. The van der Waals surface area contributed by atoms with Crippen LogP contribution >= 0.6 is 15.9 Å². The lowest BCUT2D eigenvalue weighted by Gasteiger charge is -2.29. The number of esters is 2. The van der Waals surface area contributed by atoms with Gasteiger partial charge in [-0.1, -0.05) is 0 Å². The number of carboxylic acids is 1. The summed E-state index contributed by atoms with van der Waals surface area (Å²) in [7, 11) is 0. The molecule has 128 valence electrons. The van der Waals surface area contributed by atoms with Crippen molar-refractivity contribution in [3.05, 3.63) is 39.5 Å². The Morgan fingerprint density at radius 1 is 1.29 bits per heavy atom. The SMILES string of the molecule is CC1(C)OC(=O)C(=CNc2c(C(=O)O)cc(F)c(F)c2Br)C(=O)O1. The Hall–Kier alpha value is -2.49. The van der Waals surface area contributed by atoms with Gasteiger partial charge in [0.2, 0.25) is 0 Å². The monoisotopic (exact) mass is 405 g/mol. The molecular formula is C14H10BrF2NO6. The van der Waals surface area contributed by atoms with Gasteiger partial charge in [-0.3, -0.25) is 0 Å². The van der Waals surface area contributed by atoms with Gasteiger partial charge < -0.3 is 19.9 Å². The van der Waals surface area contributed by atoms with Crippen LogP contribution in [0.1, 0.15) is 24.2 Å². The summed E-state index contributed by atoms with van der Waals surface area (Å²) in [5, 5.41) is 11.4. The molecule has 0 radical (unpaired) electrons. The topological polar surface area (TPSA) is 102 Å². The zero-order chi connectivity index (χ0) is 18.2. The first kappa shape index (κ1) is 17.9. The first-order chi connectivity index (χ1) is 11.0. The number of benzene rings is 1. The Labute approximate surface area is 142 Å². The number of rotatable bonds is 3. The van der Waals surface area contributed by atoms with Crippen LogP contribution in [0.15, 0.2) is 22.3 Å². The van der Waals surface area contributed by atoms with Gasteiger partial charge in [-0.25, -0.2) is 23.2 Å². The Kier molecular flexibility index (Phi) is 4.61. The lowest BCUT2D eigenvalue weighted by Crippen LogP contribution is -2.42. The summed E-state index contributed by atoms with van der Waals surface area (Å²) in [6.07, 6.45) is 0.795. The van der Waals surface area contributed by atoms with Gasteiger partial charge in [0, 0.05) is 20.0 Å². The molecule has 0 amide bonds. The molecule has 1 aliphatic rings. The smallest absolute Gasteiger partial charge is 0.350 e. The van der Waals surface area contributed by atoms with E-state index in [0.29, 0.717) is 6.07 Å². The van der Waals surface area contributed by atoms with Gasteiger partial charge in [-0.2, -0.15) is 0 Å². The number of cyclic esters (lactones) is 2. The van der Waals surface area contributed by atoms with Crippen molar-refractivity contribution in [3.8, 4) is 0 Å².